The van der Waals surface area contributed by atoms with Crippen LogP contribution in [0.3, 0.4) is 0 Å². The molecule has 0 bridgehead atoms. The summed E-state index contributed by atoms with van der Waals surface area (Å²) in [5, 5.41) is 8.44. The van der Waals surface area contributed by atoms with Crippen molar-refractivity contribution in [1.29, 1.82) is 0 Å². The van der Waals surface area contributed by atoms with Gasteiger partial charge in [0.25, 0.3) is 0 Å². The molecule has 0 aliphatic heterocycles. The third-order valence-electron chi connectivity index (χ3n) is 1.71. The largest absolute Gasteiger partial charge is 0.487 e. The molecule has 15 heavy (non-hydrogen) atoms. The maximum absolute atomic E-state index is 13.1. The van der Waals surface area contributed by atoms with Crippen molar-refractivity contribution in [1.82, 2.24) is 0 Å². The third-order valence-corrected chi connectivity index (χ3v) is 1.71. The second-order valence-electron chi connectivity index (χ2n) is 3.08. The van der Waals surface area contributed by atoms with Crippen LogP contribution in [-0.4, -0.2) is 17.2 Å². The Kier molecular flexibility index (Phi) is 3.60. The summed E-state index contributed by atoms with van der Waals surface area (Å²) in [5.74, 6) is -3.45. The van der Waals surface area contributed by atoms with Gasteiger partial charge in [-0.2, -0.15) is 4.39 Å². The molecule has 5 heteroatoms. The Morgan fingerprint density at radius 2 is 2.20 bits per heavy atom. The van der Waals surface area contributed by atoms with E-state index in [1.807, 2.05) is 0 Å². The molecular formula is C10H10F2O3. The number of hydrogen-bond donors (Lipinski definition) is 1. The van der Waals surface area contributed by atoms with E-state index >= 15 is 0 Å². The van der Waals surface area contributed by atoms with Gasteiger partial charge in [-0.25, -0.2) is 4.39 Å². The molecule has 1 aromatic carbocycles. The second-order valence-corrected chi connectivity index (χ2v) is 3.08. The smallest absolute Gasteiger partial charge is 0.307 e. The lowest BCUT2D eigenvalue weighted by Crippen LogP contribution is -2.17. The fourth-order valence-corrected chi connectivity index (χ4v) is 1.08. The van der Waals surface area contributed by atoms with Crippen LogP contribution in [0.2, 0.25) is 0 Å². The van der Waals surface area contributed by atoms with Crippen LogP contribution in [0.4, 0.5) is 8.78 Å². The van der Waals surface area contributed by atoms with Gasteiger partial charge in [-0.05, 0) is 19.1 Å². The molecule has 1 rings (SSSR count). The van der Waals surface area contributed by atoms with Gasteiger partial charge in [0.1, 0.15) is 6.10 Å². The Hall–Kier alpha value is -1.65. The molecule has 0 aliphatic rings. The Balaban J connectivity index is 2.72. The van der Waals surface area contributed by atoms with Crippen molar-refractivity contribution >= 4 is 5.97 Å². The minimum atomic E-state index is -1.10. The molecule has 0 aromatic heterocycles. The fourth-order valence-electron chi connectivity index (χ4n) is 1.08. The number of carbonyl (C=O) groups is 1. The predicted molar refractivity (Wildman–Crippen MR) is 48.7 cm³/mol. The zero-order chi connectivity index (χ0) is 11.4. The van der Waals surface area contributed by atoms with Crippen molar-refractivity contribution in [3.05, 3.63) is 29.8 Å². The van der Waals surface area contributed by atoms with Gasteiger partial charge in [-0.1, -0.05) is 6.07 Å². The highest BCUT2D eigenvalue weighted by Gasteiger charge is 2.14. The molecule has 3 nitrogen and oxygen atoms in total. The van der Waals surface area contributed by atoms with Crippen LogP contribution in [0.5, 0.6) is 5.75 Å². The summed E-state index contributed by atoms with van der Waals surface area (Å²) in [6.45, 7) is 1.47. The Labute approximate surface area is 85.3 Å². The summed E-state index contributed by atoms with van der Waals surface area (Å²) in [4.78, 5) is 10.3. The lowest BCUT2D eigenvalue weighted by Gasteiger charge is -2.13. The zero-order valence-corrected chi connectivity index (χ0v) is 8.04. The molecular weight excluding hydrogens is 206 g/mol. The quantitative estimate of drug-likeness (QED) is 0.839. The summed E-state index contributed by atoms with van der Waals surface area (Å²) in [6, 6.07) is 3.50. The molecule has 1 atom stereocenters. The number of carboxylic acid groups (broad SMARTS) is 1. The third kappa shape index (κ3) is 3.19. The number of aliphatic carboxylic acids is 1. The number of rotatable bonds is 4. The molecule has 0 fully saturated rings. The monoisotopic (exact) mass is 216 g/mol. The van der Waals surface area contributed by atoms with Crippen LogP contribution in [0, 0.1) is 11.6 Å². The fraction of sp³-hybridized carbons (Fsp3) is 0.300. The summed E-state index contributed by atoms with van der Waals surface area (Å²) >= 11 is 0. The average Bonchev–Trinajstić information content (AvgIpc) is 2.11. The first-order valence-corrected chi connectivity index (χ1v) is 4.33. The van der Waals surface area contributed by atoms with Crippen LogP contribution >= 0.6 is 0 Å². The van der Waals surface area contributed by atoms with Crippen LogP contribution in [0.25, 0.3) is 0 Å². The minimum absolute atomic E-state index is 0.268. The molecule has 0 saturated carbocycles. The minimum Gasteiger partial charge on any atom is -0.487 e. The summed E-state index contributed by atoms with van der Waals surface area (Å²) in [5.41, 5.74) is 0. The first-order valence-electron chi connectivity index (χ1n) is 4.33. The maximum atomic E-state index is 13.1. The summed E-state index contributed by atoms with van der Waals surface area (Å²) in [7, 11) is 0. The Morgan fingerprint density at radius 1 is 1.53 bits per heavy atom. The highest BCUT2D eigenvalue weighted by molar-refractivity contribution is 5.67. The molecule has 1 aromatic rings. The van der Waals surface area contributed by atoms with E-state index in [1.165, 1.54) is 19.1 Å². The van der Waals surface area contributed by atoms with E-state index in [9.17, 15) is 13.6 Å². The van der Waals surface area contributed by atoms with E-state index in [4.69, 9.17) is 9.84 Å². The van der Waals surface area contributed by atoms with Crippen molar-refractivity contribution in [2.45, 2.75) is 19.4 Å². The van der Waals surface area contributed by atoms with Gasteiger partial charge in [0, 0.05) is 0 Å². The highest BCUT2D eigenvalue weighted by Crippen LogP contribution is 2.20. The SMILES string of the molecule is CC(CC(=O)O)Oc1cccc(F)c1F. The molecule has 82 valence electrons. The highest BCUT2D eigenvalue weighted by atomic mass is 19.2. The van der Waals surface area contributed by atoms with Gasteiger partial charge in [0.05, 0.1) is 6.42 Å². The van der Waals surface area contributed by atoms with E-state index in [0.29, 0.717) is 0 Å². The van der Waals surface area contributed by atoms with E-state index in [-0.39, 0.29) is 12.2 Å². The van der Waals surface area contributed by atoms with Gasteiger partial charge in [0.15, 0.2) is 11.6 Å². The van der Waals surface area contributed by atoms with Crippen LogP contribution in [-0.2, 0) is 4.79 Å². The van der Waals surface area contributed by atoms with Crippen LogP contribution in [0.15, 0.2) is 18.2 Å². The number of benzene rings is 1. The first kappa shape index (κ1) is 11.4. The normalized spacial score (nSPS) is 12.2. The molecule has 1 N–H and O–H groups in total. The average molecular weight is 216 g/mol. The van der Waals surface area contributed by atoms with Crippen molar-refractivity contribution in [3.8, 4) is 5.75 Å². The van der Waals surface area contributed by atoms with Crippen LogP contribution < -0.4 is 4.74 Å². The zero-order valence-electron chi connectivity index (χ0n) is 8.04. The summed E-state index contributed by atoms with van der Waals surface area (Å²) in [6.07, 6.45) is -0.977. The second kappa shape index (κ2) is 4.72. The Bertz CT molecular complexity index is 366. The van der Waals surface area contributed by atoms with Gasteiger partial charge in [-0.3, -0.25) is 4.79 Å². The van der Waals surface area contributed by atoms with E-state index in [0.717, 1.165) is 6.07 Å². The van der Waals surface area contributed by atoms with Crippen molar-refractivity contribution in [3.63, 3.8) is 0 Å². The van der Waals surface area contributed by atoms with Crippen molar-refractivity contribution < 1.29 is 23.4 Å². The first-order chi connectivity index (χ1) is 7.00. The van der Waals surface area contributed by atoms with Gasteiger partial charge in [0.2, 0.25) is 5.82 Å². The molecule has 1 unspecified atom stereocenters. The molecule has 0 saturated heterocycles. The van der Waals surface area contributed by atoms with E-state index < -0.39 is 23.7 Å². The Morgan fingerprint density at radius 3 is 2.80 bits per heavy atom. The number of ether oxygens (including phenoxy) is 1. The van der Waals surface area contributed by atoms with Gasteiger partial charge in [-0.15, -0.1) is 0 Å². The standard InChI is InChI=1S/C10H10F2O3/c1-6(5-9(13)14)15-8-4-2-3-7(11)10(8)12/h2-4,6H,5H2,1H3,(H,13,14). The maximum Gasteiger partial charge on any atom is 0.307 e. The number of halogens is 2. The van der Waals surface area contributed by atoms with Crippen molar-refractivity contribution in [2.24, 2.45) is 0 Å². The van der Waals surface area contributed by atoms with E-state index in [2.05, 4.69) is 0 Å². The van der Waals surface area contributed by atoms with Gasteiger partial charge < -0.3 is 9.84 Å². The van der Waals surface area contributed by atoms with Gasteiger partial charge >= 0.3 is 5.97 Å². The molecule has 0 aliphatic carbocycles. The topological polar surface area (TPSA) is 46.5 Å². The summed E-state index contributed by atoms with van der Waals surface area (Å²) < 4.78 is 30.7. The predicted octanol–water partition coefficient (Wildman–Crippen LogP) is 2.21. The number of carboxylic acids is 1. The lowest BCUT2D eigenvalue weighted by molar-refractivity contribution is -0.138. The van der Waals surface area contributed by atoms with Crippen molar-refractivity contribution in [2.75, 3.05) is 0 Å². The molecule has 0 heterocycles. The molecule has 0 spiro atoms. The lowest BCUT2D eigenvalue weighted by atomic mass is 10.2. The van der Waals surface area contributed by atoms with E-state index in [1.54, 1.807) is 0 Å². The molecule has 0 radical (unpaired) electrons. The number of hydrogen-bond acceptors (Lipinski definition) is 2. The molecule has 0 amide bonds. The van der Waals surface area contributed by atoms with Crippen LogP contribution in [0.1, 0.15) is 13.3 Å².